The van der Waals surface area contributed by atoms with E-state index >= 15 is 0 Å². The third-order valence-corrected chi connectivity index (χ3v) is 4.27. The van der Waals surface area contributed by atoms with Crippen LogP contribution in [0.5, 0.6) is 0 Å². The molecule has 0 radical (unpaired) electrons. The number of hydrogen-bond acceptors (Lipinski definition) is 5. The van der Waals surface area contributed by atoms with Gasteiger partial charge in [0.25, 0.3) is 0 Å². The molecule has 0 saturated carbocycles. The average molecular weight is 286 g/mol. The van der Waals surface area contributed by atoms with Crippen LogP contribution in [0.4, 0.5) is 0 Å². The second-order valence-corrected chi connectivity index (χ2v) is 6.39. The maximum Gasteiger partial charge on any atom is 0.0928 e. The molecule has 0 unspecified atom stereocenters. The smallest absolute Gasteiger partial charge is 0.0928 e. The van der Waals surface area contributed by atoms with Gasteiger partial charge in [-0.05, 0) is 26.7 Å². The quantitative estimate of drug-likeness (QED) is 0.729. The first-order valence-corrected chi connectivity index (χ1v) is 7.81. The van der Waals surface area contributed by atoms with E-state index in [1.54, 1.807) is 11.3 Å². The molecule has 4 nitrogen and oxygen atoms in total. The summed E-state index contributed by atoms with van der Waals surface area (Å²) < 4.78 is 0. The van der Waals surface area contributed by atoms with Gasteiger partial charge in [-0.15, -0.1) is 11.3 Å². The zero-order chi connectivity index (χ0) is 14.3. The van der Waals surface area contributed by atoms with Crippen LogP contribution in [0, 0.1) is 0 Å². The predicted octanol–water partition coefficient (Wildman–Crippen LogP) is 2.05. The van der Waals surface area contributed by atoms with Crippen LogP contribution in [0.2, 0.25) is 0 Å². The normalized spacial score (nSPS) is 12.3. The van der Waals surface area contributed by atoms with Crippen molar-refractivity contribution in [3.63, 3.8) is 0 Å². The van der Waals surface area contributed by atoms with Gasteiger partial charge in [0.2, 0.25) is 0 Å². The van der Waals surface area contributed by atoms with Gasteiger partial charge in [-0.25, -0.2) is 4.98 Å². The highest BCUT2D eigenvalue weighted by Gasteiger charge is 2.26. The van der Waals surface area contributed by atoms with Gasteiger partial charge in [-0.1, -0.05) is 13.3 Å². The number of β-amino-alcohol motifs (C(OH)–C–C–N with tert-alkyl or cyclic N) is 1. The third-order valence-electron chi connectivity index (χ3n) is 3.31. The monoisotopic (exact) mass is 286 g/mol. The van der Waals surface area contributed by atoms with Gasteiger partial charge in [0.15, 0.2) is 0 Å². The van der Waals surface area contributed by atoms with Crippen LogP contribution in [0.1, 0.15) is 44.3 Å². The van der Waals surface area contributed by atoms with Crippen LogP contribution in [-0.4, -0.2) is 45.4 Å². The third kappa shape index (κ3) is 5.18. The van der Waals surface area contributed by atoms with E-state index in [0.29, 0.717) is 13.1 Å². The second-order valence-electron chi connectivity index (χ2n) is 5.45. The molecule has 0 saturated heterocycles. The molecule has 0 aliphatic rings. The number of nitrogens with zero attached hydrogens (tertiary/aromatic N) is 2. The van der Waals surface area contributed by atoms with Crippen LogP contribution in [0.3, 0.4) is 0 Å². The summed E-state index contributed by atoms with van der Waals surface area (Å²) in [7, 11) is 0. The van der Waals surface area contributed by atoms with Crippen molar-refractivity contribution in [3.8, 4) is 0 Å². The van der Waals surface area contributed by atoms with Gasteiger partial charge in [-0.3, -0.25) is 4.90 Å². The number of aromatic nitrogens is 1. The van der Waals surface area contributed by atoms with Crippen molar-refractivity contribution >= 4 is 11.3 Å². The molecular weight excluding hydrogens is 260 g/mol. The molecule has 0 aliphatic heterocycles. The van der Waals surface area contributed by atoms with E-state index in [-0.39, 0.29) is 18.8 Å². The van der Waals surface area contributed by atoms with Crippen molar-refractivity contribution in [1.82, 2.24) is 9.88 Å². The van der Waals surface area contributed by atoms with E-state index in [1.807, 2.05) is 13.8 Å². The lowest BCUT2D eigenvalue weighted by atomic mass is 10.0. The highest BCUT2D eigenvalue weighted by atomic mass is 32.1. The Morgan fingerprint density at radius 1 is 1.37 bits per heavy atom. The van der Waals surface area contributed by atoms with Gasteiger partial charge in [0.1, 0.15) is 0 Å². The number of rotatable bonds is 9. The van der Waals surface area contributed by atoms with Crippen LogP contribution in [0.25, 0.3) is 0 Å². The fraction of sp³-hybridized carbons (Fsp3) is 0.786. The summed E-state index contributed by atoms with van der Waals surface area (Å²) in [4.78, 5) is 6.71. The van der Waals surface area contributed by atoms with Crippen molar-refractivity contribution < 1.29 is 10.2 Å². The zero-order valence-corrected chi connectivity index (χ0v) is 13.0. The molecule has 5 heteroatoms. The molecule has 2 N–H and O–H groups in total. The molecule has 1 aromatic rings. The molecule has 1 aromatic heterocycles. The number of aryl methyl sites for hydroxylation is 1. The number of aliphatic hydroxyl groups is 2. The summed E-state index contributed by atoms with van der Waals surface area (Å²) in [6.07, 6.45) is 3.41. The van der Waals surface area contributed by atoms with E-state index in [2.05, 4.69) is 22.2 Å². The maximum atomic E-state index is 9.45. The van der Waals surface area contributed by atoms with Crippen molar-refractivity contribution in [2.45, 2.75) is 52.1 Å². The molecule has 19 heavy (non-hydrogen) atoms. The van der Waals surface area contributed by atoms with Gasteiger partial charge in [0.05, 0.1) is 23.9 Å². The molecule has 0 amide bonds. The Labute approximate surface area is 120 Å². The van der Waals surface area contributed by atoms with Gasteiger partial charge >= 0.3 is 0 Å². The summed E-state index contributed by atoms with van der Waals surface area (Å²) in [5.74, 6) is 0. The number of aliphatic hydroxyl groups excluding tert-OH is 2. The average Bonchev–Trinajstić information content (AvgIpc) is 2.83. The van der Waals surface area contributed by atoms with Gasteiger partial charge in [-0.2, -0.15) is 0 Å². The topological polar surface area (TPSA) is 56.6 Å². The first kappa shape index (κ1) is 16.6. The van der Waals surface area contributed by atoms with Crippen LogP contribution in [-0.2, 0) is 13.0 Å². The Hall–Kier alpha value is -0.490. The minimum atomic E-state index is -0.337. The molecular formula is C14H26N2O2S. The lowest BCUT2D eigenvalue weighted by Gasteiger charge is -2.36. The van der Waals surface area contributed by atoms with E-state index < -0.39 is 0 Å². The molecule has 0 bridgehead atoms. The van der Waals surface area contributed by atoms with Crippen molar-refractivity contribution in [2.75, 3.05) is 19.8 Å². The Balaban J connectivity index is 2.66. The Morgan fingerprint density at radius 3 is 2.68 bits per heavy atom. The Bertz CT molecular complexity index is 366. The first-order chi connectivity index (χ1) is 9.03. The summed E-state index contributed by atoms with van der Waals surface area (Å²) >= 11 is 1.71. The first-order valence-electron chi connectivity index (χ1n) is 6.93. The Kier molecular flexibility index (Phi) is 6.93. The molecule has 0 aliphatic carbocycles. The van der Waals surface area contributed by atoms with Crippen LogP contribution in [0.15, 0.2) is 5.38 Å². The SMILES string of the molecule is CCCCc1nc(CN(CCO)C(C)(C)CO)cs1. The van der Waals surface area contributed by atoms with Gasteiger partial charge in [0, 0.05) is 24.0 Å². The van der Waals surface area contributed by atoms with Crippen LogP contribution < -0.4 is 0 Å². The lowest BCUT2D eigenvalue weighted by molar-refractivity contribution is 0.0364. The summed E-state index contributed by atoms with van der Waals surface area (Å²) in [5.41, 5.74) is 0.696. The van der Waals surface area contributed by atoms with E-state index in [4.69, 9.17) is 5.11 Å². The highest BCUT2D eigenvalue weighted by Crippen LogP contribution is 2.19. The van der Waals surface area contributed by atoms with E-state index in [9.17, 15) is 5.11 Å². The number of thiazole rings is 1. The summed E-state index contributed by atoms with van der Waals surface area (Å²) in [6.45, 7) is 7.53. The molecule has 110 valence electrons. The fourth-order valence-electron chi connectivity index (χ4n) is 1.88. The molecule has 0 atom stereocenters. The highest BCUT2D eigenvalue weighted by molar-refractivity contribution is 7.09. The van der Waals surface area contributed by atoms with Gasteiger partial charge < -0.3 is 10.2 Å². The number of unbranched alkanes of at least 4 members (excludes halogenated alkanes) is 1. The minimum Gasteiger partial charge on any atom is -0.395 e. The number of hydrogen-bond donors (Lipinski definition) is 2. The zero-order valence-electron chi connectivity index (χ0n) is 12.2. The van der Waals surface area contributed by atoms with Crippen molar-refractivity contribution in [3.05, 3.63) is 16.1 Å². The predicted molar refractivity (Wildman–Crippen MR) is 79.4 cm³/mol. The maximum absolute atomic E-state index is 9.45. The molecule has 1 rings (SSSR count). The summed E-state index contributed by atoms with van der Waals surface area (Å²) in [5, 5.41) is 21.9. The largest absolute Gasteiger partial charge is 0.395 e. The fourth-order valence-corrected chi connectivity index (χ4v) is 2.71. The second kappa shape index (κ2) is 7.94. The lowest BCUT2D eigenvalue weighted by Crippen LogP contribution is -2.47. The van der Waals surface area contributed by atoms with Crippen molar-refractivity contribution in [1.29, 1.82) is 0 Å². The molecule has 0 aromatic carbocycles. The standard InChI is InChI=1S/C14H26N2O2S/c1-4-5-6-13-15-12(10-19-13)9-16(7-8-17)14(2,3)11-18/h10,17-18H,4-9,11H2,1-3H3. The van der Waals surface area contributed by atoms with Crippen molar-refractivity contribution in [2.24, 2.45) is 0 Å². The molecule has 1 heterocycles. The van der Waals surface area contributed by atoms with Crippen LogP contribution >= 0.6 is 11.3 Å². The Morgan fingerprint density at radius 2 is 2.11 bits per heavy atom. The molecule has 0 fully saturated rings. The molecule has 0 spiro atoms. The van der Waals surface area contributed by atoms with E-state index in [0.717, 1.165) is 12.1 Å². The minimum absolute atomic E-state index is 0.0693. The van der Waals surface area contributed by atoms with E-state index in [1.165, 1.54) is 17.8 Å². The summed E-state index contributed by atoms with van der Waals surface area (Å²) in [6, 6.07) is 0.